The van der Waals surface area contributed by atoms with Gasteiger partial charge in [-0.15, -0.1) is 0 Å². The third kappa shape index (κ3) is 4.20. The molecule has 0 saturated heterocycles. The standard InChI is InChI=1S/C14H19N5O2/c1-9(2)21-14-18-12(15)17-13(19-14)16-8-10-6-4-5-7-11(10)20-3/h4-7,9H,8H2,1-3H3,(H3,15,16,17,18,19). The molecular formula is C14H19N5O2. The Labute approximate surface area is 123 Å². The Hall–Kier alpha value is -2.57. The molecular weight excluding hydrogens is 270 g/mol. The Bertz CT molecular complexity index is 604. The monoisotopic (exact) mass is 289 g/mol. The lowest BCUT2D eigenvalue weighted by molar-refractivity contribution is 0.222. The van der Waals surface area contributed by atoms with Gasteiger partial charge in [-0.1, -0.05) is 18.2 Å². The zero-order chi connectivity index (χ0) is 15.2. The van der Waals surface area contributed by atoms with E-state index in [1.807, 2.05) is 38.1 Å². The largest absolute Gasteiger partial charge is 0.496 e. The average Bonchev–Trinajstić information content (AvgIpc) is 2.44. The number of nitrogens with one attached hydrogen (secondary N) is 1. The van der Waals surface area contributed by atoms with Crippen molar-refractivity contribution in [1.29, 1.82) is 0 Å². The minimum absolute atomic E-state index is 0.0335. The first-order chi connectivity index (χ1) is 10.1. The number of nitrogens with two attached hydrogens (primary N) is 1. The van der Waals surface area contributed by atoms with Crippen molar-refractivity contribution in [3.05, 3.63) is 29.8 Å². The van der Waals surface area contributed by atoms with Gasteiger partial charge >= 0.3 is 6.01 Å². The van der Waals surface area contributed by atoms with Gasteiger partial charge in [0.2, 0.25) is 11.9 Å². The number of methoxy groups -OCH3 is 1. The van der Waals surface area contributed by atoms with Crippen molar-refractivity contribution in [2.24, 2.45) is 0 Å². The Kier molecular flexibility index (Phi) is 4.76. The van der Waals surface area contributed by atoms with Crippen molar-refractivity contribution in [2.45, 2.75) is 26.5 Å². The van der Waals surface area contributed by atoms with Gasteiger partial charge in [0.15, 0.2) is 0 Å². The van der Waals surface area contributed by atoms with E-state index in [1.165, 1.54) is 0 Å². The van der Waals surface area contributed by atoms with Crippen LogP contribution in [0.3, 0.4) is 0 Å². The molecule has 1 aromatic heterocycles. The fourth-order valence-corrected chi connectivity index (χ4v) is 1.74. The zero-order valence-electron chi connectivity index (χ0n) is 12.3. The molecule has 7 nitrogen and oxygen atoms in total. The summed E-state index contributed by atoms with van der Waals surface area (Å²) in [6.07, 6.45) is -0.0335. The van der Waals surface area contributed by atoms with Crippen LogP contribution in [0.25, 0.3) is 0 Å². The molecule has 1 heterocycles. The van der Waals surface area contributed by atoms with E-state index >= 15 is 0 Å². The van der Waals surface area contributed by atoms with Crippen molar-refractivity contribution in [3.63, 3.8) is 0 Å². The third-order valence-electron chi connectivity index (χ3n) is 2.60. The first-order valence-electron chi connectivity index (χ1n) is 6.62. The van der Waals surface area contributed by atoms with Crippen LogP contribution in [0.2, 0.25) is 0 Å². The van der Waals surface area contributed by atoms with Gasteiger partial charge in [-0.3, -0.25) is 0 Å². The highest BCUT2D eigenvalue weighted by atomic mass is 16.5. The number of ether oxygens (including phenoxy) is 2. The summed E-state index contributed by atoms with van der Waals surface area (Å²) in [5, 5.41) is 3.09. The number of nitrogens with zero attached hydrogens (tertiary/aromatic N) is 3. The predicted octanol–water partition coefficient (Wildman–Crippen LogP) is 1.86. The second-order valence-electron chi connectivity index (χ2n) is 4.63. The zero-order valence-corrected chi connectivity index (χ0v) is 12.3. The first kappa shape index (κ1) is 14.8. The van der Waals surface area contributed by atoms with E-state index in [9.17, 15) is 0 Å². The maximum Gasteiger partial charge on any atom is 0.323 e. The van der Waals surface area contributed by atoms with E-state index in [0.717, 1.165) is 11.3 Å². The fraction of sp³-hybridized carbons (Fsp3) is 0.357. The van der Waals surface area contributed by atoms with Gasteiger partial charge in [0.05, 0.1) is 13.2 Å². The summed E-state index contributed by atoms with van der Waals surface area (Å²) in [4.78, 5) is 12.1. The van der Waals surface area contributed by atoms with Gasteiger partial charge in [-0.2, -0.15) is 15.0 Å². The SMILES string of the molecule is COc1ccccc1CNc1nc(N)nc(OC(C)C)n1. The second kappa shape index (κ2) is 6.74. The smallest absolute Gasteiger partial charge is 0.323 e. The van der Waals surface area contributed by atoms with Crippen LogP contribution in [0.1, 0.15) is 19.4 Å². The van der Waals surface area contributed by atoms with Crippen LogP contribution < -0.4 is 20.5 Å². The van der Waals surface area contributed by atoms with E-state index in [2.05, 4.69) is 20.3 Å². The van der Waals surface area contributed by atoms with Gasteiger partial charge in [-0.05, 0) is 19.9 Å². The van der Waals surface area contributed by atoms with Gasteiger partial charge in [-0.25, -0.2) is 0 Å². The van der Waals surface area contributed by atoms with E-state index in [-0.39, 0.29) is 18.1 Å². The van der Waals surface area contributed by atoms with Crippen molar-refractivity contribution in [3.8, 4) is 11.8 Å². The molecule has 0 amide bonds. The molecule has 0 bridgehead atoms. The lowest BCUT2D eigenvalue weighted by Crippen LogP contribution is -2.13. The van der Waals surface area contributed by atoms with Gasteiger partial charge in [0.1, 0.15) is 5.75 Å². The molecule has 0 unspecified atom stereocenters. The molecule has 0 radical (unpaired) electrons. The van der Waals surface area contributed by atoms with E-state index in [1.54, 1.807) is 7.11 Å². The molecule has 0 saturated carbocycles. The number of para-hydroxylation sites is 1. The number of aromatic nitrogens is 3. The Morgan fingerprint density at radius 1 is 1.19 bits per heavy atom. The van der Waals surface area contributed by atoms with Crippen LogP contribution in [0.5, 0.6) is 11.8 Å². The fourth-order valence-electron chi connectivity index (χ4n) is 1.74. The predicted molar refractivity (Wildman–Crippen MR) is 80.3 cm³/mol. The van der Waals surface area contributed by atoms with Crippen LogP contribution in [-0.2, 0) is 6.54 Å². The van der Waals surface area contributed by atoms with Crippen molar-refractivity contribution in [2.75, 3.05) is 18.2 Å². The molecule has 2 aromatic rings. The molecule has 112 valence electrons. The lowest BCUT2D eigenvalue weighted by Gasteiger charge is -2.11. The van der Waals surface area contributed by atoms with Crippen LogP contribution in [0, 0.1) is 0 Å². The van der Waals surface area contributed by atoms with Crippen molar-refractivity contribution < 1.29 is 9.47 Å². The lowest BCUT2D eigenvalue weighted by atomic mass is 10.2. The maximum absolute atomic E-state index is 5.65. The van der Waals surface area contributed by atoms with Gasteiger partial charge in [0.25, 0.3) is 0 Å². The highest BCUT2D eigenvalue weighted by Gasteiger charge is 2.08. The summed E-state index contributed by atoms with van der Waals surface area (Å²) in [5.74, 6) is 1.28. The summed E-state index contributed by atoms with van der Waals surface area (Å²) in [6, 6.07) is 7.92. The summed E-state index contributed by atoms with van der Waals surface area (Å²) >= 11 is 0. The van der Waals surface area contributed by atoms with Gasteiger partial charge in [0, 0.05) is 12.1 Å². The summed E-state index contributed by atoms with van der Waals surface area (Å²) in [5.41, 5.74) is 6.64. The number of hydrogen-bond acceptors (Lipinski definition) is 7. The molecule has 7 heteroatoms. The summed E-state index contributed by atoms with van der Waals surface area (Å²) in [7, 11) is 1.63. The molecule has 0 aliphatic heterocycles. The highest BCUT2D eigenvalue weighted by Crippen LogP contribution is 2.18. The molecule has 21 heavy (non-hydrogen) atoms. The average molecular weight is 289 g/mol. The van der Waals surface area contributed by atoms with Crippen LogP contribution in [0.15, 0.2) is 24.3 Å². The van der Waals surface area contributed by atoms with Gasteiger partial charge < -0.3 is 20.5 Å². The van der Waals surface area contributed by atoms with Crippen molar-refractivity contribution in [1.82, 2.24) is 15.0 Å². The molecule has 0 aliphatic carbocycles. The summed E-state index contributed by atoms with van der Waals surface area (Å²) in [6.45, 7) is 4.29. The molecule has 3 N–H and O–H groups in total. The van der Waals surface area contributed by atoms with Crippen molar-refractivity contribution >= 4 is 11.9 Å². The van der Waals surface area contributed by atoms with E-state index in [0.29, 0.717) is 12.5 Å². The summed E-state index contributed by atoms with van der Waals surface area (Å²) < 4.78 is 10.7. The molecule has 1 aromatic carbocycles. The Morgan fingerprint density at radius 3 is 2.67 bits per heavy atom. The Balaban J connectivity index is 2.10. The quantitative estimate of drug-likeness (QED) is 0.838. The Morgan fingerprint density at radius 2 is 1.95 bits per heavy atom. The van der Waals surface area contributed by atoms with Crippen LogP contribution >= 0.6 is 0 Å². The highest BCUT2D eigenvalue weighted by molar-refractivity contribution is 5.38. The van der Waals surface area contributed by atoms with Crippen LogP contribution in [-0.4, -0.2) is 28.2 Å². The third-order valence-corrected chi connectivity index (χ3v) is 2.60. The van der Waals surface area contributed by atoms with E-state index < -0.39 is 0 Å². The maximum atomic E-state index is 5.65. The molecule has 2 rings (SSSR count). The second-order valence-corrected chi connectivity index (χ2v) is 4.63. The minimum Gasteiger partial charge on any atom is -0.496 e. The molecule has 0 atom stereocenters. The normalized spacial score (nSPS) is 10.5. The molecule has 0 aliphatic rings. The first-order valence-corrected chi connectivity index (χ1v) is 6.62. The number of anilines is 2. The number of benzene rings is 1. The van der Waals surface area contributed by atoms with E-state index in [4.69, 9.17) is 15.2 Å². The minimum atomic E-state index is -0.0335. The number of hydrogen-bond donors (Lipinski definition) is 2. The molecule has 0 fully saturated rings. The topological polar surface area (TPSA) is 95.2 Å². The van der Waals surface area contributed by atoms with Crippen LogP contribution in [0.4, 0.5) is 11.9 Å². The molecule has 0 spiro atoms. The number of nitrogen functional groups attached to an aromatic ring is 1. The number of rotatable bonds is 6.